The molecule has 0 spiro atoms. The van der Waals surface area contributed by atoms with E-state index in [1.165, 1.54) is 41.5 Å². The van der Waals surface area contributed by atoms with Crippen LogP contribution in [0.15, 0.2) is 78.4 Å². The topological polar surface area (TPSA) is 82.1 Å². The zero-order valence-electron chi connectivity index (χ0n) is 30.4. The maximum atomic E-state index is 12.0. The SMILES string of the molecule is C=C(C)C(=O)OCCCc1cc(C2=C(CC)CC(c3ccc(CCCCC)cc3)C=C2)cc(CCCOC(=O)C(=C)C)c1OCCCCO. The molecule has 0 bridgehead atoms. The summed E-state index contributed by atoms with van der Waals surface area (Å²) in [6.07, 6.45) is 15.4. The molecule has 3 rings (SSSR count). The van der Waals surface area contributed by atoms with Gasteiger partial charge in [-0.2, -0.15) is 0 Å². The third-order valence-corrected chi connectivity index (χ3v) is 8.94. The number of carbonyl (C=O) groups excluding carboxylic acids is 2. The van der Waals surface area contributed by atoms with E-state index in [9.17, 15) is 14.7 Å². The predicted molar refractivity (Wildman–Crippen MR) is 200 cm³/mol. The maximum Gasteiger partial charge on any atom is 0.333 e. The van der Waals surface area contributed by atoms with E-state index in [1.807, 2.05) is 0 Å². The molecule has 1 N–H and O–H groups in total. The Hall–Kier alpha value is -3.90. The van der Waals surface area contributed by atoms with Gasteiger partial charge in [-0.05, 0) is 124 Å². The first-order valence-electron chi connectivity index (χ1n) is 18.2. The number of hydrogen-bond donors (Lipinski definition) is 1. The second kappa shape index (κ2) is 21.2. The van der Waals surface area contributed by atoms with Gasteiger partial charge in [0.25, 0.3) is 0 Å². The summed E-state index contributed by atoms with van der Waals surface area (Å²) in [6.45, 7) is 16.3. The van der Waals surface area contributed by atoms with Crippen molar-refractivity contribution in [2.24, 2.45) is 0 Å². The second-order valence-corrected chi connectivity index (χ2v) is 13.2. The summed E-state index contributed by atoms with van der Waals surface area (Å²) < 4.78 is 17.3. The number of aliphatic hydroxyl groups excluding tert-OH is 1. The molecule has 0 fully saturated rings. The van der Waals surface area contributed by atoms with Crippen LogP contribution in [0.3, 0.4) is 0 Å². The summed E-state index contributed by atoms with van der Waals surface area (Å²) in [4.78, 5) is 24.0. The third-order valence-electron chi connectivity index (χ3n) is 8.94. The van der Waals surface area contributed by atoms with Crippen molar-refractivity contribution in [3.63, 3.8) is 0 Å². The lowest BCUT2D eigenvalue weighted by molar-refractivity contribution is -0.139. The molecule has 0 radical (unpaired) electrons. The van der Waals surface area contributed by atoms with Gasteiger partial charge in [0.05, 0.1) is 19.8 Å². The monoisotopic (exact) mass is 670 g/mol. The van der Waals surface area contributed by atoms with Crippen LogP contribution in [-0.4, -0.2) is 43.5 Å². The number of ether oxygens (including phenoxy) is 3. The van der Waals surface area contributed by atoms with E-state index in [0.717, 1.165) is 48.1 Å². The molecule has 1 atom stereocenters. The van der Waals surface area contributed by atoms with Crippen LogP contribution < -0.4 is 4.74 Å². The number of rotatable bonds is 22. The number of hydrogen-bond acceptors (Lipinski definition) is 6. The van der Waals surface area contributed by atoms with Crippen LogP contribution >= 0.6 is 0 Å². The van der Waals surface area contributed by atoms with Gasteiger partial charge in [0.2, 0.25) is 0 Å². The lowest BCUT2D eigenvalue weighted by Gasteiger charge is -2.25. The number of aliphatic hydroxyl groups is 1. The lowest BCUT2D eigenvalue weighted by Crippen LogP contribution is -2.11. The maximum absolute atomic E-state index is 12.0. The zero-order chi connectivity index (χ0) is 35.6. The van der Waals surface area contributed by atoms with Gasteiger partial charge in [-0.1, -0.05) is 81.8 Å². The fourth-order valence-corrected chi connectivity index (χ4v) is 6.10. The minimum atomic E-state index is -0.384. The lowest BCUT2D eigenvalue weighted by atomic mass is 9.81. The summed E-state index contributed by atoms with van der Waals surface area (Å²) in [5.41, 5.74) is 9.43. The molecule has 0 saturated heterocycles. The second-order valence-electron chi connectivity index (χ2n) is 13.2. The average molecular weight is 671 g/mol. The molecule has 6 heteroatoms. The van der Waals surface area contributed by atoms with E-state index in [0.29, 0.717) is 55.8 Å². The Morgan fingerprint density at radius 1 is 0.796 bits per heavy atom. The summed E-state index contributed by atoms with van der Waals surface area (Å²) in [7, 11) is 0. The predicted octanol–water partition coefficient (Wildman–Crippen LogP) is 9.58. The van der Waals surface area contributed by atoms with Crippen LogP contribution in [0, 0.1) is 0 Å². The van der Waals surface area contributed by atoms with Crippen LogP contribution in [0.25, 0.3) is 5.57 Å². The first-order chi connectivity index (χ1) is 23.7. The normalized spacial score (nSPS) is 14.1. The van der Waals surface area contributed by atoms with Gasteiger partial charge < -0.3 is 19.3 Å². The smallest absolute Gasteiger partial charge is 0.333 e. The van der Waals surface area contributed by atoms with Crippen LogP contribution in [0.1, 0.15) is 119 Å². The largest absolute Gasteiger partial charge is 0.493 e. The summed E-state index contributed by atoms with van der Waals surface area (Å²) in [6, 6.07) is 13.6. The van der Waals surface area contributed by atoms with Gasteiger partial charge in [-0.15, -0.1) is 0 Å². The number of allylic oxidation sites excluding steroid dienone is 4. The van der Waals surface area contributed by atoms with Gasteiger partial charge in [0.1, 0.15) is 5.75 Å². The van der Waals surface area contributed by atoms with Gasteiger partial charge >= 0.3 is 11.9 Å². The number of carbonyl (C=O) groups is 2. The molecular weight excluding hydrogens is 612 g/mol. The summed E-state index contributed by atoms with van der Waals surface area (Å²) in [5.74, 6) is 0.395. The Kier molecular flexibility index (Phi) is 17.1. The minimum absolute atomic E-state index is 0.120. The van der Waals surface area contributed by atoms with Crippen LogP contribution in [0.2, 0.25) is 0 Å². The fourth-order valence-electron chi connectivity index (χ4n) is 6.10. The standard InChI is InChI=1S/C43H58O6/c1-7-9-10-15-33-18-20-35(21-19-33)36-22-23-40(34(8-2)28-36)39-29-37(16-13-26-48-42(45)31(3)4)41(47-25-12-11-24-44)38(30-39)17-14-27-49-43(46)32(5)6/h18-23,29-30,36,44H,3,5,7-17,24-28H2,1-2,4,6H3. The number of unbranched alkanes of at least 4 members (excludes halogenated alkanes) is 3. The van der Waals surface area contributed by atoms with Crippen LogP contribution in [0.4, 0.5) is 0 Å². The third kappa shape index (κ3) is 12.8. The molecular formula is C43H58O6. The highest BCUT2D eigenvalue weighted by molar-refractivity contribution is 5.87. The Bertz CT molecular complexity index is 1410. The first-order valence-corrected chi connectivity index (χ1v) is 18.2. The van der Waals surface area contributed by atoms with Crippen molar-refractivity contribution in [1.29, 1.82) is 0 Å². The molecule has 0 amide bonds. The molecule has 2 aromatic rings. The molecule has 0 aliphatic heterocycles. The minimum Gasteiger partial charge on any atom is -0.493 e. The molecule has 1 aliphatic carbocycles. The zero-order valence-corrected chi connectivity index (χ0v) is 30.4. The highest BCUT2D eigenvalue weighted by Gasteiger charge is 2.21. The van der Waals surface area contributed by atoms with Crippen molar-refractivity contribution in [2.75, 3.05) is 26.4 Å². The fraction of sp³-hybridized carbons (Fsp3) is 0.488. The van der Waals surface area contributed by atoms with Crippen LogP contribution in [0.5, 0.6) is 5.75 Å². The quantitative estimate of drug-likeness (QED) is 0.0763. The van der Waals surface area contributed by atoms with Crippen molar-refractivity contribution in [1.82, 2.24) is 0 Å². The van der Waals surface area contributed by atoms with Gasteiger partial charge in [-0.3, -0.25) is 0 Å². The number of esters is 2. The Balaban J connectivity index is 1.92. The van der Waals surface area contributed by atoms with Crippen molar-refractivity contribution < 1.29 is 28.9 Å². The van der Waals surface area contributed by atoms with Crippen molar-refractivity contribution in [3.05, 3.63) is 106 Å². The van der Waals surface area contributed by atoms with E-state index in [4.69, 9.17) is 14.2 Å². The molecule has 0 saturated carbocycles. The van der Waals surface area contributed by atoms with E-state index < -0.39 is 0 Å². The molecule has 2 aromatic carbocycles. The highest BCUT2D eigenvalue weighted by Crippen LogP contribution is 2.40. The van der Waals surface area contributed by atoms with Gasteiger partial charge in [-0.25, -0.2) is 9.59 Å². The van der Waals surface area contributed by atoms with Crippen molar-refractivity contribution in [3.8, 4) is 5.75 Å². The summed E-state index contributed by atoms with van der Waals surface area (Å²) >= 11 is 0. The molecule has 0 heterocycles. The highest BCUT2D eigenvalue weighted by atomic mass is 16.5. The number of aryl methyl sites for hydroxylation is 3. The first kappa shape index (κ1) is 39.5. The molecule has 6 nitrogen and oxygen atoms in total. The Morgan fingerprint density at radius 2 is 1.41 bits per heavy atom. The number of benzene rings is 2. The van der Waals surface area contributed by atoms with Crippen LogP contribution in [-0.2, 0) is 38.3 Å². The average Bonchev–Trinajstić information content (AvgIpc) is 3.10. The Morgan fingerprint density at radius 3 is 1.94 bits per heavy atom. The van der Waals surface area contributed by atoms with E-state index >= 15 is 0 Å². The van der Waals surface area contributed by atoms with Gasteiger partial charge in [0, 0.05) is 23.7 Å². The van der Waals surface area contributed by atoms with Crippen molar-refractivity contribution >= 4 is 17.5 Å². The van der Waals surface area contributed by atoms with E-state index in [2.05, 4.69) is 75.6 Å². The Labute approximate surface area is 294 Å². The molecule has 0 aromatic heterocycles. The van der Waals surface area contributed by atoms with Gasteiger partial charge in [0.15, 0.2) is 0 Å². The van der Waals surface area contributed by atoms with E-state index in [1.54, 1.807) is 13.8 Å². The molecule has 49 heavy (non-hydrogen) atoms. The molecule has 266 valence electrons. The molecule has 1 aliphatic rings. The van der Waals surface area contributed by atoms with Crippen molar-refractivity contribution in [2.45, 2.75) is 111 Å². The summed E-state index contributed by atoms with van der Waals surface area (Å²) in [5, 5.41) is 9.34. The van der Waals surface area contributed by atoms with E-state index in [-0.39, 0.29) is 31.8 Å². The molecule has 1 unspecified atom stereocenters.